The summed E-state index contributed by atoms with van der Waals surface area (Å²) in [5.74, 6) is 3.51. The molecule has 4 nitrogen and oxygen atoms in total. The van der Waals surface area contributed by atoms with E-state index in [0.29, 0.717) is 17.8 Å². The number of nitrogens with zero attached hydrogens (tertiary/aromatic N) is 2. The lowest BCUT2D eigenvalue weighted by molar-refractivity contribution is 0.209. The summed E-state index contributed by atoms with van der Waals surface area (Å²) in [7, 11) is -3.09. The van der Waals surface area contributed by atoms with E-state index in [1.165, 1.54) is 25.8 Å². The predicted molar refractivity (Wildman–Crippen MR) is 113 cm³/mol. The number of hydrogen-bond donors (Lipinski definition) is 0. The summed E-state index contributed by atoms with van der Waals surface area (Å²) in [5.41, 5.74) is 1.60. The molecule has 2 aliphatic heterocycles. The lowest BCUT2D eigenvalue weighted by atomic mass is 9.83. The lowest BCUT2D eigenvalue weighted by Gasteiger charge is -2.29. The second-order valence-electron chi connectivity index (χ2n) is 9.94. The number of hydrogen-bond acceptors (Lipinski definition) is 3. The fourth-order valence-corrected chi connectivity index (χ4v) is 6.28. The maximum absolute atomic E-state index is 12.5. The van der Waals surface area contributed by atoms with Crippen LogP contribution >= 0.6 is 0 Å². The molecule has 0 aromatic carbocycles. The topological polar surface area (TPSA) is 40.6 Å². The molecule has 1 saturated carbocycles. The average molecular weight is 397 g/mol. The molecule has 1 aliphatic carbocycles. The van der Waals surface area contributed by atoms with Crippen LogP contribution in [0.25, 0.3) is 0 Å². The highest BCUT2D eigenvalue weighted by atomic mass is 32.2. The van der Waals surface area contributed by atoms with Gasteiger partial charge in [-0.3, -0.25) is 4.90 Å². The normalized spacial score (nSPS) is 27.5. The van der Waals surface area contributed by atoms with Crippen LogP contribution in [-0.4, -0.2) is 55.6 Å². The SMILES string of the molecule is CC(C)C1=CCN(CC(CC(C)C2CCN(S(=O)(=O)C(C)C)C2)C2CC2)C1. The van der Waals surface area contributed by atoms with Gasteiger partial charge in [-0.2, -0.15) is 0 Å². The van der Waals surface area contributed by atoms with Crippen LogP contribution in [0, 0.1) is 29.6 Å². The smallest absolute Gasteiger partial charge is 0.216 e. The third-order valence-corrected chi connectivity index (χ3v) is 9.41. The highest BCUT2D eigenvalue weighted by Gasteiger charge is 2.39. The maximum atomic E-state index is 12.5. The average Bonchev–Trinajstić information content (AvgIpc) is 3.12. The predicted octanol–water partition coefficient (Wildman–Crippen LogP) is 4.00. The van der Waals surface area contributed by atoms with Gasteiger partial charge >= 0.3 is 0 Å². The standard InChI is InChI=1S/C22H40N2O2S/c1-16(2)20-8-10-23(13-20)14-22(19-6-7-19)12-18(5)21-9-11-24(15-21)27(25,26)17(3)4/h8,16-19,21-22H,6-7,9-15H2,1-5H3. The Bertz CT molecular complexity index is 637. The third-order valence-electron chi connectivity index (χ3n) is 7.16. The Morgan fingerprint density at radius 2 is 1.78 bits per heavy atom. The van der Waals surface area contributed by atoms with Crippen molar-refractivity contribution in [3.63, 3.8) is 0 Å². The van der Waals surface area contributed by atoms with Gasteiger partial charge in [0.1, 0.15) is 0 Å². The van der Waals surface area contributed by atoms with E-state index >= 15 is 0 Å². The fourth-order valence-electron chi connectivity index (χ4n) is 4.92. The van der Waals surface area contributed by atoms with Crippen molar-refractivity contribution in [2.24, 2.45) is 29.6 Å². The zero-order valence-corrected chi connectivity index (χ0v) is 18.8. The molecule has 2 heterocycles. The van der Waals surface area contributed by atoms with Gasteiger partial charge in [0, 0.05) is 32.7 Å². The maximum Gasteiger partial charge on any atom is 0.216 e. The molecule has 2 fully saturated rings. The van der Waals surface area contributed by atoms with Gasteiger partial charge in [-0.15, -0.1) is 0 Å². The van der Waals surface area contributed by atoms with Gasteiger partial charge in [-0.25, -0.2) is 12.7 Å². The van der Waals surface area contributed by atoms with Crippen molar-refractivity contribution >= 4 is 10.0 Å². The molecule has 3 aliphatic rings. The summed E-state index contributed by atoms with van der Waals surface area (Å²) in [6.07, 6.45) is 7.53. The number of sulfonamides is 1. The largest absolute Gasteiger partial charge is 0.295 e. The van der Waals surface area contributed by atoms with Crippen molar-refractivity contribution in [3.05, 3.63) is 11.6 Å². The van der Waals surface area contributed by atoms with Crippen molar-refractivity contribution in [1.82, 2.24) is 9.21 Å². The van der Waals surface area contributed by atoms with Gasteiger partial charge in [0.25, 0.3) is 0 Å². The van der Waals surface area contributed by atoms with Crippen molar-refractivity contribution in [2.75, 3.05) is 32.7 Å². The minimum Gasteiger partial charge on any atom is -0.295 e. The Hall–Kier alpha value is -0.390. The Morgan fingerprint density at radius 1 is 1.07 bits per heavy atom. The van der Waals surface area contributed by atoms with Crippen molar-refractivity contribution in [2.45, 2.75) is 65.6 Å². The Labute approximate surface area is 167 Å². The second kappa shape index (κ2) is 8.54. The molecular weight excluding hydrogens is 356 g/mol. The van der Waals surface area contributed by atoms with Gasteiger partial charge in [0.15, 0.2) is 0 Å². The molecule has 0 spiro atoms. The monoisotopic (exact) mass is 396 g/mol. The molecular formula is C22H40N2O2S. The molecule has 156 valence electrons. The van der Waals surface area contributed by atoms with E-state index in [4.69, 9.17) is 0 Å². The van der Waals surface area contributed by atoms with Crippen LogP contribution in [0.4, 0.5) is 0 Å². The second-order valence-corrected chi connectivity index (χ2v) is 12.4. The van der Waals surface area contributed by atoms with Crippen LogP contribution in [0.3, 0.4) is 0 Å². The van der Waals surface area contributed by atoms with E-state index in [-0.39, 0.29) is 5.25 Å². The first-order chi connectivity index (χ1) is 12.7. The third kappa shape index (κ3) is 5.16. The quantitative estimate of drug-likeness (QED) is 0.553. The van der Waals surface area contributed by atoms with Crippen LogP contribution < -0.4 is 0 Å². The Morgan fingerprint density at radius 3 is 2.33 bits per heavy atom. The van der Waals surface area contributed by atoms with Gasteiger partial charge in [-0.1, -0.05) is 32.4 Å². The number of rotatable bonds is 9. The molecule has 0 radical (unpaired) electrons. The summed E-state index contributed by atoms with van der Waals surface area (Å²) in [6, 6.07) is 0. The summed E-state index contributed by atoms with van der Waals surface area (Å²) < 4.78 is 26.7. The van der Waals surface area contributed by atoms with Gasteiger partial charge < -0.3 is 0 Å². The van der Waals surface area contributed by atoms with Crippen molar-refractivity contribution in [3.8, 4) is 0 Å². The zero-order chi connectivity index (χ0) is 19.8. The van der Waals surface area contributed by atoms with Gasteiger partial charge in [-0.05, 0) is 69.1 Å². The van der Waals surface area contributed by atoms with Crippen molar-refractivity contribution in [1.29, 1.82) is 0 Å². The molecule has 3 atom stereocenters. The summed E-state index contributed by atoms with van der Waals surface area (Å²) in [6.45, 7) is 15.5. The zero-order valence-electron chi connectivity index (χ0n) is 18.0. The molecule has 3 unspecified atom stereocenters. The van der Waals surface area contributed by atoms with Crippen LogP contribution in [0.5, 0.6) is 0 Å². The molecule has 0 amide bonds. The molecule has 1 saturated heterocycles. The first kappa shape index (κ1) is 21.3. The summed E-state index contributed by atoms with van der Waals surface area (Å²) in [5, 5.41) is -0.302. The van der Waals surface area contributed by atoms with E-state index < -0.39 is 10.0 Å². The van der Waals surface area contributed by atoms with E-state index in [9.17, 15) is 8.42 Å². The van der Waals surface area contributed by atoms with Crippen LogP contribution in [0.1, 0.15) is 60.3 Å². The van der Waals surface area contributed by atoms with Crippen LogP contribution in [0.2, 0.25) is 0 Å². The molecule has 0 N–H and O–H groups in total. The van der Waals surface area contributed by atoms with Crippen LogP contribution in [-0.2, 0) is 10.0 Å². The summed E-state index contributed by atoms with van der Waals surface area (Å²) in [4.78, 5) is 2.63. The van der Waals surface area contributed by atoms with E-state index in [1.54, 1.807) is 23.7 Å². The van der Waals surface area contributed by atoms with E-state index in [1.807, 2.05) is 0 Å². The van der Waals surface area contributed by atoms with Gasteiger partial charge in [0.2, 0.25) is 10.0 Å². The first-order valence-corrected chi connectivity index (χ1v) is 12.6. The molecule has 27 heavy (non-hydrogen) atoms. The highest BCUT2D eigenvalue weighted by Crippen LogP contribution is 2.42. The molecule has 3 rings (SSSR count). The fraction of sp³-hybridized carbons (Fsp3) is 0.909. The minimum absolute atomic E-state index is 0.302. The lowest BCUT2D eigenvalue weighted by Crippen LogP contribution is -2.35. The van der Waals surface area contributed by atoms with Crippen molar-refractivity contribution < 1.29 is 8.42 Å². The first-order valence-electron chi connectivity index (χ1n) is 11.1. The Kier molecular flexibility index (Phi) is 6.75. The van der Waals surface area contributed by atoms with E-state index in [2.05, 4.69) is 31.7 Å². The molecule has 0 aromatic rings. The van der Waals surface area contributed by atoms with Crippen LogP contribution in [0.15, 0.2) is 11.6 Å². The Balaban J connectivity index is 1.52. The molecule has 0 bridgehead atoms. The molecule has 0 aromatic heterocycles. The molecule has 5 heteroatoms. The summed E-state index contributed by atoms with van der Waals surface area (Å²) >= 11 is 0. The minimum atomic E-state index is -3.09. The highest BCUT2D eigenvalue weighted by molar-refractivity contribution is 7.89. The van der Waals surface area contributed by atoms with Gasteiger partial charge in [0.05, 0.1) is 5.25 Å². The van der Waals surface area contributed by atoms with E-state index in [0.717, 1.165) is 44.4 Å².